The van der Waals surface area contributed by atoms with Crippen LogP contribution in [0.5, 0.6) is 0 Å². The molecule has 0 atom stereocenters. The normalized spacial score (nSPS) is 12.4. The van der Waals surface area contributed by atoms with Gasteiger partial charge in [0.05, 0.1) is 0 Å². The van der Waals surface area contributed by atoms with Crippen LogP contribution in [0.2, 0.25) is 26.6 Å². The Morgan fingerprint density at radius 1 is 0.375 bits per heavy atom. The van der Waals surface area contributed by atoms with Crippen molar-refractivity contribution >= 4 is 55.3 Å². The van der Waals surface area contributed by atoms with Gasteiger partial charge in [-0.1, -0.05) is 0 Å². The summed E-state index contributed by atoms with van der Waals surface area (Å²) in [5, 5.41) is 9.38. The zero-order valence-electron chi connectivity index (χ0n) is 27.2. The zero-order valence-corrected chi connectivity index (χ0v) is 32.9. The maximum absolute atomic E-state index is 4.69. The second-order valence-electron chi connectivity index (χ2n) is 12.5. The van der Waals surface area contributed by atoms with Crippen molar-refractivity contribution < 1.29 is 0 Å². The topological polar surface area (TPSA) is 24.7 Å². The molecule has 0 aliphatic carbocycles. The first kappa shape index (κ1) is 35.8. The molecule has 0 aliphatic rings. The van der Waals surface area contributed by atoms with E-state index in [1.165, 1.54) is 104 Å². The minimum atomic E-state index is -2.38. The van der Waals surface area contributed by atoms with Crippen molar-refractivity contribution in [1.82, 2.24) is 0 Å². The third-order valence-corrected chi connectivity index (χ3v) is 40.6. The predicted octanol–water partition coefficient (Wildman–Crippen LogP) is 12.2. The van der Waals surface area contributed by atoms with E-state index in [0.717, 1.165) is 11.4 Å². The molecular formula is C36H62N2Sn2. The summed E-state index contributed by atoms with van der Waals surface area (Å²) in [5.74, 6) is 0. The quantitative estimate of drug-likeness (QED) is 0.0844. The third kappa shape index (κ3) is 11.4. The van der Waals surface area contributed by atoms with Gasteiger partial charge < -0.3 is 0 Å². The van der Waals surface area contributed by atoms with E-state index in [-0.39, 0.29) is 0 Å². The molecule has 0 aliphatic heterocycles. The van der Waals surface area contributed by atoms with Crippen LogP contribution in [-0.4, -0.2) is 36.8 Å². The summed E-state index contributed by atoms with van der Waals surface area (Å²) in [6, 6.07) is 18.8. The first-order valence-corrected chi connectivity index (χ1v) is 32.1. The molecule has 0 saturated carbocycles. The standard InChI is InChI=1S/C12H8N2.6C4H9.2Sn/c1-3-7-11(8-4-1)13-14-12-9-5-2-6-10-12;6*1-3-4-2;;/h3-10H;6*1,3-4H2,2H3;;. The van der Waals surface area contributed by atoms with Gasteiger partial charge in [-0.05, 0) is 0 Å². The van der Waals surface area contributed by atoms with E-state index < -0.39 is 36.8 Å². The summed E-state index contributed by atoms with van der Waals surface area (Å²) < 4.78 is 12.5. The average Bonchev–Trinajstić information content (AvgIpc) is 3.00. The van der Waals surface area contributed by atoms with Gasteiger partial charge >= 0.3 is 259 Å². The first-order chi connectivity index (χ1) is 19.5. The molecule has 4 heteroatoms. The summed E-state index contributed by atoms with van der Waals surface area (Å²) in [7, 11) is 0. The van der Waals surface area contributed by atoms with E-state index in [1.54, 1.807) is 7.16 Å². The fourth-order valence-corrected chi connectivity index (χ4v) is 38.4. The van der Waals surface area contributed by atoms with E-state index in [4.69, 9.17) is 10.2 Å². The molecule has 0 radical (unpaired) electrons. The summed E-state index contributed by atoms with van der Waals surface area (Å²) >= 11 is -4.76. The van der Waals surface area contributed by atoms with Crippen molar-refractivity contribution in [2.75, 3.05) is 0 Å². The molecule has 0 unspecified atom stereocenters. The van der Waals surface area contributed by atoms with Crippen molar-refractivity contribution in [2.24, 2.45) is 10.2 Å². The van der Waals surface area contributed by atoms with E-state index in [2.05, 4.69) is 90.1 Å². The van der Waals surface area contributed by atoms with Crippen LogP contribution in [0.15, 0.2) is 58.8 Å². The van der Waals surface area contributed by atoms with E-state index in [1.807, 2.05) is 0 Å². The van der Waals surface area contributed by atoms with Gasteiger partial charge in [0.15, 0.2) is 0 Å². The van der Waals surface area contributed by atoms with E-state index in [0.29, 0.717) is 0 Å². The number of unbranched alkanes of at least 4 members (excludes halogenated alkanes) is 6. The number of hydrogen-bond donors (Lipinski definition) is 0. The number of hydrogen-bond acceptors (Lipinski definition) is 2. The SMILES string of the molecule is CCC[CH2][Sn]([CH2]CCC)([CH2]CCC)[c]1ccc(N=Nc2cc[c]([Sn]([CH2]CCC)([CH2]CCC)[CH2]CCC)cc2)cc1. The van der Waals surface area contributed by atoms with E-state index in [9.17, 15) is 0 Å². The van der Waals surface area contributed by atoms with Gasteiger partial charge in [0.2, 0.25) is 0 Å². The second-order valence-corrected chi connectivity index (χ2v) is 39.0. The predicted molar refractivity (Wildman–Crippen MR) is 186 cm³/mol. The minimum absolute atomic E-state index is 0.997. The Balaban J connectivity index is 2.24. The van der Waals surface area contributed by atoms with Crippen molar-refractivity contribution in [3.8, 4) is 0 Å². The van der Waals surface area contributed by atoms with Crippen molar-refractivity contribution in [3.63, 3.8) is 0 Å². The molecule has 0 aromatic heterocycles. The fraction of sp³-hybridized carbons (Fsp3) is 0.667. The van der Waals surface area contributed by atoms with Crippen LogP contribution in [0.3, 0.4) is 0 Å². The van der Waals surface area contributed by atoms with Crippen LogP contribution in [-0.2, 0) is 0 Å². The van der Waals surface area contributed by atoms with Crippen LogP contribution in [0.4, 0.5) is 11.4 Å². The molecule has 0 heterocycles. The summed E-state index contributed by atoms with van der Waals surface area (Å²) in [4.78, 5) is 0. The van der Waals surface area contributed by atoms with Crippen LogP contribution in [0.1, 0.15) is 119 Å². The Kier molecular flexibility index (Phi) is 18.4. The van der Waals surface area contributed by atoms with Crippen LogP contribution in [0.25, 0.3) is 0 Å². The summed E-state index contributed by atoms with van der Waals surface area (Å²) in [6.07, 6.45) is 16.4. The molecule has 0 spiro atoms. The Morgan fingerprint density at radius 3 is 0.800 bits per heavy atom. The summed E-state index contributed by atoms with van der Waals surface area (Å²) in [6.45, 7) is 14.1. The number of rotatable bonds is 22. The molecule has 2 aromatic rings. The Morgan fingerprint density at radius 2 is 0.600 bits per heavy atom. The Labute approximate surface area is 257 Å². The van der Waals surface area contributed by atoms with Crippen LogP contribution >= 0.6 is 0 Å². The number of nitrogens with zero attached hydrogens (tertiary/aromatic N) is 2. The molecule has 224 valence electrons. The van der Waals surface area contributed by atoms with Gasteiger partial charge in [0.1, 0.15) is 0 Å². The molecule has 0 amide bonds. The Bertz CT molecular complexity index is 815. The third-order valence-electron chi connectivity index (χ3n) is 9.29. The molecule has 0 bridgehead atoms. The fourth-order valence-electron chi connectivity index (χ4n) is 6.59. The molecule has 0 N–H and O–H groups in total. The number of azo groups is 1. The monoisotopic (exact) mass is 762 g/mol. The van der Waals surface area contributed by atoms with Crippen molar-refractivity contribution in [3.05, 3.63) is 48.5 Å². The molecular weight excluding hydrogens is 698 g/mol. The molecule has 40 heavy (non-hydrogen) atoms. The van der Waals surface area contributed by atoms with E-state index >= 15 is 0 Å². The second kappa shape index (κ2) is 20.5. The molecule has 0 saturated heterocycles. The summed E-state index contributed by atoms with van der Waals surface area (Å²) in [5.41, 5.74) is 1.99. The van der Waals surface area contributed by atoms with Crippen LogP contribution in [0, 0.1) is 0 Å². The molecule has 2 aromatic carbocycles. The van der Waals surface area contributed by atoms with Gasteiger partial charge in [-0.15, -0.1) is 0 Å². The van der Waals surface area contributed by atoms with Gasteiger partial charge in [0.25, 0.3) is 0 Å². The van der Waals surface area contributed by atoms with Crippen molar-refractivity contribution in [1.29, 1.82) is 0 Å². The maximum atomic E-state index is 4.69. The van der Waals surface area contributed by atoms with Gasteiger partial charge in [-0.3, -0.25) is 0 Å². The first-order valence-electron chi connectivity index (χ1n) is 17.2. The van der Waals surface area contributed by atoms with Crippen molar-refractivity contribution in [2.45, 2.75) is 145 Å². The van der Waals surface area contributed by atoms with Gasteiger partial charge in [-0.2, -0.15) is 0 Å². The average molecular weight is 760 g/mol. The molecule has 0 fully saturated rings. The van der Waals surface area contributed by atoms with Gasteiger partial charge in [-0.25, -0.2) is 0 Å². The van der Waals surface area contributed by atoms with Crippen LogP contribution < -0.4 is 7.16 Å². The van der Waals surface area contributed by atoms with Gasteiger partial charge in [0, 0.05) is 0 Å². The Hall–Kier alpha value is -0.363. The zero-order chi connectivity index (χ0) is 29.1. The molecule has 2 rings (SSSR count). The number of benzene rings is 2. The molecule has 2 nitrogen and oxygen atoms in total.